The number of hydrogen-bond donors (Lipinski definition) is 0. The Balaban J connectivity index is 1.08. The second-order valence-corrected chi connectivity index (χ2v) is 13.5. The molecule has 0 N–H and O–H groups in total. The lowest BCUT2D eigenvalue weighted by Gasteiger charge is -2.25. The zero-order chi connectivity index (χ0) is 35.8. The molecule has 10 aromatic rings. The van der Waals surface area contributed by atoms with Gasteiger partial charge in [-0.05, 0) is 115 Å². The maximum atomic E-state index is 2.34. The third-order valence-corrected chi connectivity index (χ3v) is 10.3. The molecular weight excluding hydrogens is 657 g/mol. The van der Waals surface area contributed by atoms with Crippen molar-refractivity contribution in [3.8, 4) is 11.4 Å². The zero-order valence-corrected chi connectivity index (χ0v) is 29.6. The summed E-state index contributed by atoms with van der Waals surface area (Å²) in [7, 11) is 0. The summed E-state index contributed by atoms with van der Waals surface area (Å²) in [6.07, 6.45) is 4.43. The van der Waals surface area contributed by atoms with E-state index in [4.69, 9.17) is 0 Å². The van der Waals surface area contributed by atoms with Gasteiger partial charge in [-0.15, -0.1) is 0 Å². The lowest BCUT2D eigenvalue weighted by molar-refractivity contribution is 1.12. The predicted octanol–water partition coefficient (Wildman–Crippen LogP) is 13.7. The molecule has 0 spiro atoms. The van der Waals surface area contributed by atoms with Gasteiger partial charge in [-0.3, -0.25) is 0 Å². The molecule has 2 aromatic heterocycles. The number of hydrogen-bond acceptors (Lipinski definition) is 2. The van der Waals surface area contributed by atoms with Crippen LogP contribution in [0.15, 0.2) is 219 Å². The second-order valence-electron chi connectivity index (χ2n) is 13.5. The second kappa shape index (κ2) is 13.4. The van der Waals surface area contributed by atoms with Crippen molar-refractivity contribution in [2.45, 2.75) is 0 Å². The van der Waals surface area contributed by atoms with Crippen LogP contribution in [-0.2, 0) is 0 Å². The molecule has 0 fully saturated rings. The fourth-order valence-electron chi connectivity index (χ4n) is 7.90. The molecule has 10 rings (SSSR count). The van der Waals surface area contributed by atoms with E-state index in [9.17, 15) is 0 Å². The molecule has 0 atom stereocenters. The third kappa shape index (κ3) is 5.40. The van der Waals surface area contributed by atoms with Crippen molar-refractivity contribution in [1.29, 1.82) is 0 Å². The van der Waals surface area contributed by atoms with Crippen molar-refractivity contribution >= 4 is 66.7 Å². The first kappa shape index (κ1) is 31.4. The summed E-state index contributed by atoms with van der Waals surface area (Å²) < 4.78 is 4.68. The minimum absolute atomic E-state index is 1.11. The van der Waals surface area contributed by atoms with Gasteiger partial charge in [0, 0.05) is 74.1 Å². The Morgan fingerprint density at radius 3 is 0.926 bits per heavy atom. The van der Waals surface area contributed by atoms with Crippen molar-refractivity contribution in [2.75, 3.05) is 9.80 Å². The first-order valence-corrected chi connectivity index (χ1v) is 18.4. The monoisotopic (exact) mass is 692 g/mol. The summed E-state index contributed by atoms with van der Waals surface area (Å²) in [5.74, 6) is 0. The minimum atomic E-state index is 1.11. The zero-order valence-electron chi connectivity index (χ0n) is 29.6. The number of rotatable bonds is 8. The minimum Gasteiger partial charge on any atom is -0.316 e. The molecule has 0 saturated carbocycles. The van der Waals surface area contributed by atoms with Crippen molar-refractivity contribution in [3.05, 3.63) is 219 Å². The highest BCUT2D eigenvalue weighted by molar-refractivity contribution is 6.24. The molecule has 0 amide bonds. The molecule has 0 aliphatic heterocycles. The normalized spacial score (nSPS) is 11.3. The molecule has 54 heavy (non-hydrogen) atoms. The molecule has 0 saturated heterocycles. The molecule has 0 unspecified atom stereocenters. The summed E-state index contributed by atoms with van der Waals surface area (Å²) in [5.41, 5.74) is 11.3. The van der Waals surface area contributed by atoms with Crippen LogP contribution in [0.2, 0.25) is 0 Å². The van der Waals surface area contributed by atoms with Gasteiger partial charge in [-0.2, -0.15) is 0 Å². The Labute approximate surface area is 314 Å². The van der Waals surface area contributed by atoms with Crippen LogP contribution >= 0.6 is 0 Å². The number of nitrogens with zero attached hydrogens (tertiary/aromatic N) is 4. The van der Waals surface area contributed by atoms with Crippen LogP contribution in [-0.4, -0.2) is 9.13 Å². The van der Waals surface area contributed by atoms with Gasteiger partial charge in [0.2, 0.25) is 0 Å². The van der Waals surface area contributed by atoms with E-state index in [2.05, 4.69) is 238 Å². The molecule has 0 aliphatic carbocycles. The number of para-hydroxylation sites is 4. The number of benzene rings is 8. The van der Waals surface area contributed by atoms with Gasteiger partial charge < -0.3 is 18.9 Å². The molecule has 0 radical (unpaired) electrons. The van der Waals surface area contributed by atoms with E-state index in [1.54, 1.807) is 0 Å². The molecule has 256 valence electrons. The van der Waals surface area contributed by atoms with Crippen LogP contribution in [0.5, 0.6) is 0 Å². The Bertz CT molecular complexity index is 2760. The van der Waals surface area contributed by atoms with Gasteiger partial charge >= 0.3 is 0 Å². The standard InChI is InChI=1S/C50H36N4/c1-5-15-39(16-6-1)53(40-17-7-2-8-18-40)43-29-25-37(26-30-43)51-35-33-47-45-23-13-14-24-46(45)49-48(50(47)51)34-36-52(49)38-27-31-44(32-28-38)54(41-19-9-3-10-20-41)42-21-11-4-12-22-42/h1-36H. The molecular formula is C50H36N4. The van der Waals surface area contributed by atoms with Gasteiger partial charge in [-0.1, -0.05) is 97.1 Å². The lowest BCUT2D eigenvalue weighted by Crippen LogP contribution is -2.09. The van der Waals surface area contributed by atoms with E-state index < -0.39 is 0 Å². The highest BCUT2D eigenvalue weighted by Crippen LogP contribution is 2.41. The van der Waals surface area contributed by atoms with E-state index in [0.717, 1.165) is 45.5 Å². The highest BCUT2D eigenvalue weighted by Gasteiger charge is 2.19. The van der Waals surface area contributed by atoms with E-state index >= 15 is 0 Å². The van der Waals surface area contributed by atoms with Crippen LogP contribution < -0.4 is 9.80 Å². The van der Waals surface area contributed by atoms with Crippen LogP contribution in [0.3, 0.4) is 0 Å². The summed E-state index contributed by atoms with van der Waals surface area (Å²) in [6, 6.07) is 73.3. The summed E-state index contributed by atoms with van der Waals surface area (Å²) in [4.78, 5) is 4.60. The molecule has 0 bridgehead atoms. The van der Waals surface area contributed by atoms with Gasteiger partial charge in [0.25, 0.3) is 0 Å². The molecule has 0 aliphatic rings. The smallest absolute Gasteiger partial charge is 0.0628 e. The van der Waals surface area contributed by atoms with Crippen LogP contribution in [0.25, 0.3) is 44.0 Å². The number of anilines is 6. The maximum Gasteiger partial charge on any atom is 0.0628 e. The van der Waals surface area contributed by atoms with Gasteiger partial charge in [0.15, 0.2) is 0 Å². The molecule has 4 heteroatoms. The van der Waals surface area contributed by atoms with E-state index in [0.29, 0.717) is 0 Å². The van der Waals surface area contributed by atoms with Crippen molar-refractivity contribution in [1.82, 2.24) is 9.13 Å². The van der Waals surface area contributed by atoms with Gasteiger partial charge in [0.1, 0.15) is 0 Å². The Morgan fingerprint density at radius 2 is 0.537 bits per heavy atom. The van der Waals surface area contributed by atoms with Crippen molar-refractivity contribution in [2.24, 2.45) is 0 Å². The van der Waals surface area contributed by atoms with Gasteiger partial charge in [-0.25, -0.2) is 0 Å². The SMILES string of the molecule is c1ccc(N(c2ccccc2)c2ccc(-n3ccc4c5ccccc5c5c(ccn5-c5ccc(N(c6ccccc6)c6ccccc6)cc5)c43)cc2)cc1. The fourth-order valence-corrected chi connectivity index (χ4v) is 7.90. The molecule has 2 heterocycles. The van der Waals surface area contributed by atoms with E-state index in [-0.39, 0.29) is 0 Å². The van der Waals surface area contributed by atoms with Crippen LogP contribution in [0.1, 0.15) is 0 Å². The van der Waals surface area contributed by atoms with Gasteiger partial charge in [0.05, 0.1) is 11.0 Å². The van der Waals surface area contributed by atoms with Crippen LogP contribution in [0, 0.1) is 0 Å². The highest BCUT2D eigenvalue weighted by atomic mass is 15.1. The van der Waals surface area contributed by atoms with Crippen molar-refractivity contribution in [3.63, 3.8) is 0 Å². The maximum absolute atomic E-state index is 2.34. The Kier molecular flexibility index (Phi) is 7.77. The predicted molar refractivity (Wildman–Crippen MR) is 227 cm³/mol. The largest absolute Gasteiger partial charge is 0.316 e. The summed E-state index contributed by atoms with van der Waals surface area (Å²) in [5, 5.41) is 4.93. The Hall–Kier alpha value is -7.30. The summed E-state index contributed by atoms with van der Waals surface area (Å²) in [6.45, 7) is 0. The van der Waals surface area contributed by atoms with Crippen molar-refractivity contribution < 1.29 is 0 Å². The Morgan fingerprint density at radius 1 is 0.241 bits per heavy atom. The topological polar surface area (TPSA) is 16.3 Å². The first-order valence-electron chi connectivity index (χ1n) is 18.4. The summed E-state index contributed by atoms with van der Waals surface area (Å²) >= 11 is 0. The average Bonchev–Trinajstić information content (AvgIpc) is 3.90. The van der Waals surface area contributed by atoms with E-state index in [1.807, 2.05) is 0 Å². The van der Waals surface area contributed by atoms with Crippen LogP contribution in [0.4, 0.5) is 34.1 Å². The quantitative estimate of drug-likeness (QED) is 0.158. The lowest BCUT2D eigenvalue weighted by atomic mass is 10.0. The average molecular weight is 693 g/mol. The fraction of sp³-hybridized carbons (Fsp3) is 0. The number of fused-ring (bicyclic) bond motifs is 6. The molecule has 4 nitrogen and oxygen atoms in total. The number of aromatic nitrogens is 2. The molecule has 8 aromatic carbocycles. The van der Waals surface area contributed by atoms with E-state index in [1.165, 1.54) is 32.6 Å². The third-order valence-electron chi connectivity index (χ3n) is 10.3. The first-order chi connectivity index (χ1) is 26.8.